The SMILES string of the molecule is COc1cccc(OCCN2CCN(C(=O)C3CC(F)(F)CN3)CC2)c1. The maximum Gasteiger partial charge on any atom is 0.262 e. The van der Waals surface area contributed by atoms with Crippen LogP contribution in [0.5, 0.6) is 11.5 Å². The minimum Gasteiger partial charge on any atom is -0.497 e. The van der Waals surface area contributed by atoms with Gasteiger partial charge in [-0.1, -0.05) is 6.07 Å². The van der Waals surface area contributed by atoms with E-state index in [1.165, 1.54) is 0 Å². The quantitative estimate of drug-likeness (QED) is 0.817. The highest BCUT2D eigenvalue weighted by Gasteiger charge is 2.43. The number of nitrogens with one attached hydrogen (secondary N) is 1. The molecule has 0 spiro atoms. The molecule has 6 nitrogen and oxygen atoms in total. The third-order valence-corrected chi connectivity index (χ3v) is 4.81. The molecule has 0 radical (unpaired) electrons. The van der Waals surface area contributed by atoms with Gasteiger partial charge in [-0.2, -0.15) is 0 Å². The predicted molar refractivity (Wildman–Crippen MR) is 92.9 cm³/mol. The second-order valence-corrected chi connectivity index (χ2v) is 6.69. The average molecular weight is 369 g/mol. The number of piperazine rings is 1. The lowest BCUT2D eigenvalue weighted by molar-refractivity contribution is -0.135. The summed E-state index contributed by atoms with van der Waals surface area (Å²) in [4.78, 5) is 16.2. The molecule has 2 aliphatic heterocycles. The predicted octanol–water partition coefficient (Wildman–Crippen LogP) is 1.22. The van der Waals surface area contributed by atoms with Crippen molar-refractivity contribution in [3.05, 3.63) is 24.3 Å². The van der Waals surface area contributed by atoms with E-state index in [-0.39, 0.29) is 5.91 Å². The lowest BCUT2D eigenvalue weighted by Gasteiger charge is -2.35. The van der Waals surface area contributed by atoms with Crippen LogP contribution in [0.2, 0.25) is 0 Å². The van der Waals surface area contributed by atoms with Crippen LogP contribution in [0, 0.1) is 0 Å². The van der Waals surface area contributed by atoms with E-state index in [4.69, 9.17) is 9.47 Å². The van der Waals surface area contributed by atoms with Gasteiger partial charge in [-0.05, 0) is 12.1 Å². The van der Waals surface area contributed by atoms with Gasteiger partial charge in [-0.15, -0.1) is 0 Å². The number of alkyl halides is 2. The molecule has 1 N–H and O–H groups in total. The minimum atomic E-state index is -2.78. The number of rotatable bonds is 6. The maximum atomic E-state index is 13.2. The molecule has 1 aromatic rings. The summed E-state index contributed by atoms with van der Waals surface area (Å²) in [6, 6.07) is 6.69. The lowest BCUT2D eigenvalue weighted by Crippen LogP contribution is -2.53. The highest BCUT2D eigenvalue weighted by Crippen LogP contribution is 2.26. The molecule has 2 saturated heterocycles. The molecule has 0 aliphatic carbocycles. The van der Waals surface area contributed by atoms with Crippen molar-refractivity contribution >= 4 is 5.91 Å². The number of carbonyl (C=O) groups is 1. The van der Waals surface area contributed by atoms with Crippen molar-refractivity contribution in [3.63, 3.8) is 0 Å². The van der Waals surface area contributed by atoms with E-state index < -0.39 is 24.9 Å². The Kier molecular flexibility index (Phi) is 5.93. The zero-order valence-corrected chi connectivity index (χ0v) is 14.9. The standard InChI is InChI=1S/C18H25F2N3O3/c1-25-14-3-2-4-15(11-14)26-10-9-22-5-7-23(8-6-22)17(24)16-12-18(19,20)13-21-16/h2-4,11,16,21H,5-10,12-13H2,1H3. The molecular formula is C18H25F2N3O3. The first-order valence-corrected chi connectivity index (χ1v) is 8.86. The molecule has 2 heterocycles. The first-order valence-electron chi connectivity index (χ1n) is 8.86. The van der Waals surface area contributed by atoms with Gasteiger partial charge >= 0.3 is 0 Å². The Labute approximate surface area is 152 Å². The summed E-state index contributed by atoms with van der Waals surface area (Å²) in [5.74, 6) is -1.49. The Bertz CT molecular complexity index is 621. The van der Waals surface area contributed by atoms with E-state index in [2.05, 4.69) is 10.2 Å². The molecule has 1 unspecified atom stereocenters. The fraction of sp³-hybridized carbons (Fsp3) is 0.611. The van der Waals surface area contributed by atoms with Crippen molar-refractivity contribution in [2.24, 2.45) is 0 Å². The molecule has 0 bridgehead atoms. The third kappa shape index (κ3) is 4.82. The molecule has 2 aliphatic rings. The third-order valence-electron chi connectivity index (χ3n) is 4.81. The van der Waals surface area contributed by atoms with Gasteiger partial charge in [-0.3, -0.25) is 15.0 Å². The van der Waals surface area contributed by atoms with Crippen molar-refractivity contribution in [3.8, 4) is 11.5 Å². The highest BCUT2D eigenvalue weighted by atomic mass is 19.3. The van der Waals surface area contributed by atoms with E-state index in [1.807, 2.05) is 24.3 Å². The first-order chi connectivity index (χ1) is 12.5. The molecule has 0 saturated carbocycles. The molecule has 3 rings (SSSR count). The van der Waals surface area contributed by atoms with E-state index in [0.29, 0.717) is 19.7 Å². The smallest absolute Gasteiger partial charge is 0.262 e. The van der Waals surface area contributed by atoms with E-state index in [1.54, 1.807) is 12.0 Å². The van der Waals surface area contributed by atoms with Gasteiger partial charge < -0.3 is 14.4 Å². The van der Waals surface area contributed by atoms with Crippen molar-refractivity contribution < 1.29 is 23.0 Å². The van der Waals surface area contributed by atoms with Crippen LogP contribution in [0.4, 0.5) is 8.78 Å². The van der Waals surface area contributed by atoms with Crippen molar-refractivity contribution in [2.45, 2.75) is 18.4 Å². The minimum absolute atomic E-state index is 0.213. The fourth-order valence-electron chi connectivity index (χ4n) is 3.29. The number of carbonyl (C=O) groups excluding carboxylic acids is 1. The Morgan fingerprint density at radius 2 is 2.00 bits per heavy atom. The van der Waals surface area contributed by atoms with Gasteiger partial charge in [0.25, 0.3) is 5.92 Å². The Morgan fingerprint density at radius 3 is 2.65 bits per heavy atom. The van der Waals surface area contributed by atoms with Crippen LogP contribution < -0.4 is 14.8 Å². The molecule has 8 heteroatoms. The normalized spacial score (nSPS) is 23.0. The van der Waals surface area contributed by atoms with E-state index in [0.717, 1.165) is 31.1 Å². The second kappa shape index (κ2) is 8.18. The summed E-state index contributed by atoms with van der Waals surface area (Å²) >= 11 is 0. The summed E-state index contributed by atoms with van der Waals surface area (Å²) in [7, 11) is 1.61. The van der Waals surface area contributed by atoms with Crippen LogP contribution in [0.25, 0.3) is 0 Å². The van der Waals surface area contributed by atoms with Crippen LogP contribution in [-0.2, 0) is 4.79 Å². The number of benzene rings is 1. The topological polar surface area (TPSA) is 54.0 Å². The number of methoxy groups -OCH3 is 1. The lowest BCUT2D eigenvalue weighted by atomic mass is 10.1. The van der Waals surface area contributed by atoms with Crippen LogP contribution >= 0.6 is 0 Å². The monoisotopic (exact) mass is 369 g/mol. The van der Waals surface area contributed by atoms with E-state index >= 15 is 0 Å². The van der Waals surface area contributed by atoms with Crippen LogP contribution in [0.15, 0.2) is 24.3 Å². The number of nitrogens with zero attached hydrogens (tertiary/aromatic N) is 2. The Morgan fingerprint density at radius 1 is 1.27 bits per heavy atom. The van der Waals surface area contributed by atoms with Crippen LogP contribution in [0.1, 0.15) is 6.42 Å². The molecular weight excluding hydrogens is 344 g/mol. The number of hydrogen-bond donors (Lipinski definition) is 1. The summed E-state index contributed by atoms with van der Waals surface area (Å²) in [5, 5.41) is 2.63. The Hall–Kier alpha value is -1.93. The average Bonchev–Trinajstić information content (AvgIpc) is 3.02. The summed E-state index contributed by atoms with van der Waals surface area (Å²) < 4.78 is 37.4. The molecule has 26 heavy (non-hydrogen) atoms. The number of hydrogen-bond acceptors (Lipinski definition) is 5. The van der Waals surface area contributed by atoms with Crippen molar-refractivity contribution in [2.75, 3.05) is 53.0 Å². The van der Waals surface area contributed by atoms with Gasteiger partial charge in [-0.25, -0.2) is 8.78 Å². The van der Waals surface area contributed by atoms with Gasteiger partial charge in [0.2, 0.25) is 5.91 Å². The summed E-state index contributed by atoms with van der Waals surface area (Å²) in [6.45, 7) is 3.43. The zero-order valence-electron chi connectivity index (χ0n) is 14.9. The largest absolute Gasteiger partial charge is 0.497 e. The number of halogens is 2. The summed E-state index contributed by atoms with van der Waals surface area (Å²) in [6.07, 6.45) is -0.402. The molecule has 144 valence electrons. The summed E-state index contributed by atoms with van der Waals surface area (Å²) in [5.41, 5.74) is 0. The van der Waals surface area contributed by atoms with Gasteiger partial charge in [0, 0.05) is 45.2 Å². The van der Waals surface area contributed by atoms with Crippen molar-refractivity contribution in [1.29, 1.82) is 0 Å². The van der Waals surface area contributed by atoms with Crippen LogP contribution in [-0.4, -0.2) is 80.7 Å². The molecule has 0 aromatic heterocycles. The number of amides is 1. The first kappa shape index (κ1) is 18.8. The van der Waals surface area contributed by atoms with Gasteiger partial charge in [0.15, 0.2) is 0 Å². The van der Waals surface area contributed by atoms with Crippen LogP contribution in [0.3, 0.4) is 0 Å². The zero-order chi connectivity index (χ0) is 18.6. The molecule has 1 atom stereocenters. The fourth-order valence-corrected chi connectivity index (χ4v) is 3.29. The second-order valence-electron chi connectivity index (χ2n) is 6.69. The number of ether oxygens (including phenoxy) is 2. The van der Waals surface area contributed by atoms with E-state index in [9.17, 15) is 13.6 Å². The molecule has 2 fully saturated rings. The van der Waals surface area contributed by atoms with Gasteiger partial charge in [0.1, 0.15) is 18.1 Å². The Balaban J connectivity index is 1.38. The molecule has 1 aromatic carbocycles. The highest BCUT2D eigenvalue weighted by molar-refractivity contribution is 5.82. The van der Waals surface area contributed by atoms with Crippen molar-refractivity contribution in [1.82, 2.24) is 15.1 Å². The molecule has 1 amide bonds. The van der Waals surface area contributed by atoms with Gasteiger partial charge in [0.05, 0.1) is 19.7 Å². The maximum absolute atomic E-state index is 13.2.